The lowest BCUT2D eigenvalue weighted by atomic mass is 10.0. The van der Waals surface area contributed by atoms with Crippen LogP contribution in [0.1, 0.15) is 12.8 Å². The number of hydrogen-bond donors (Lipinski definition) is 2. The summed E-state index contributed by atoms with van der Waals surface area (Å²) in [5.41, 5.74) is 0.462. The lowest BCUT2D eigenvalue weighted by Crippen LogP contribution is -2.35. The molecule has 1 aliphatic rings. The fourth-order valence-corrected chi connectivity index (χ4v) is 2.14. The van der Waals surface area contributed by atoms with Crippen LogP contribution in [0.5, 0.6) is 0 Å². The maximum Gasteiger partial charge on any atom is 0.319 e. The van der Waals surface area contributed by atoms with Crippen LogP contribution in [0.4, 0.5) is 14.9 Å². The number of carbonyl (C=O) groups excluding carboxylic acids is 1. The Morgan fingerprint density at radius 2 is 2.37 bits per heavy atom. The van der Waals surface area contributed by atoms with E-state index in [0.717, 1.165) is 19.4 Å². The van der Waals surface area contributed by atoms with Gasteiger partial charge in [0, 0.05) is 18.8 Å². The van der Waals surface area contributed by atoms with Gasteiger partial charge in [0.1, 0.15) is 5.82 Å². The fourth-order valence-electron chi connectivity index (χ4n) is 1.95. The standard InChI is InChI=1S/C13H16ClFN2O2/c14-11-6-10(3-4-12(11)15)17-13(18)16-7-9-2-1-5-19-8-9/h3-4,6,9H,1-2,5,7-8H2,(H2,16,17,18). The van der Waals surface area contributed by atoms with Gasteiger partial charge in [-0.05, 0) is 37.0 Å². The highest BCUT2D eigenvalue weighted by Crippen LogP contribution is 2.19. The second kappa shape index (κ2) is 6.73. The number of benzene rings is 1. The Labute approximate surface area is 116 Å². The highest BCUT2D eigenvalue weighted by molar-refractivity contribution is 6.31. The van der Waals surface area contributed by atoms with Gasteiger partial charge >= 0.3 is 6.03 Å². The molecule has 0 saturated carbocycles. The summed E-state index contributed by atoms with van der Waals surface area (Å²) in [6, 6.07) is 3.73. The molecule has 0 aliphatic carbocycles. The van der Waals surface area contributed by atoms with Gasteiger partial charge in [-0.25, -0.2) is 9.18 Å². The van der Waals surface area contributed by atoms with Gasteiger partial charge in [-0.2, -0.15) is 0 Å². The lowest BCUT2D eigenvalue weighted by molar-refractivity contribution is 0.0559. The molecule has 1 fully saturated rings. The van der Waals surface area contributed by atoms with Gasteiger partial charge in [-0.1, -0.05) is 11.6 Å². The second-order valence-corrected chi connectivity index (χ2v) is 4.95. The monoisotopic (exact) mass is 286 g/mol. The molecule has 1 unspecified atom stereocenters. The fraction of sp³-hybridized carbons (Fsp3) is 0.462. The van der Waals surface area contributed by atoms with Crippen LogP contribution >= 0.6 is 11.6 Å². The Bertz CT molecular complexity index is 450. The van der Waals surface area contributed by atoms with Crippen LogP contribution < -0.4 is 10.6 Å². The molecule has 1 aromatic carbocycles. The summed E-state index contributed by atoms with van der Waals surface area (Å²) in [5.74, 6) is -0.150. The number of ether oxygens (including phenoxy) is 1. The van der Waals surface area contributed by atoms with E-state index in [1.54, 1.807) is 0 Å². The number of carbonyl (C=O) groups is 1. The molecule has 104 valence electrons. The molecule has 0 bridgehead atoms. The van der Waals surface area contributed by atoms with Crippen LogP contribution in [-0.4, -0.2) is 25.8 Å². The molecule has 19 heavy (non-hydrogen) atoms. The number of nitrogens with one attached hydrogen (secondary N) is 2. The Balaban J connectivity index is 1.78. The minimum atomic E-state index is -0.507. The van der Waals surface area contributed by atoms with E-state index in [-0.39, 0.29) is 11.1 Å². The van der Waals surface area contributed by atoms with Crippen molar-refractivity contribution in [3.63, 3.8) is 0 Å². The van der Waals surface area contributed by atoms with Crippen LogP contribution in [0.2, 0.25) is 5.02 Å². The predicted molar refractivity (Wildman–Crippen MR) is 72.0 cm³/mol. The van der Waals surface area contributed by atoms with E-state index < -0.39 is 5.82 Å². The first kappa shape index (κ1) is 14.1. The molecule has 2 N–H and O–H groups in total. The van der Waals surface area contributed by atoms with Crippen molar-refractivity contribution >= 4 is 23.3 Å². The maximum absolute atomic E-state index is 13.0. The minimum absolute atomic E-state index is 0.0153. The van der Waals surface area contributed by atoms with Crippen molar-refractivity contribution in [2.75, 3.05) is 25.1 Å². The number of halogens is 2. The Morgan fingerprint density at radius 3 is 3.05 bits per heavy atom. The average Bonchev–Trinajstić information content (AvgIpc) is 2.42. The van der Waals surface area contributed by atoms with Crippen LogP contribution in [0.3, 0.4) is 0 Å². The molecule has 0 radical (unpaired) electrons. The molecule has 1 atom stereocenters. The van der Waals surface area contributed by atoms with Gasteiger partial charge in [-0.3, -0.25) is 0 Å². The summed E-state index contributed by atoms with van der Waals surface area (Å²) in [7, 11) is 0. The third-order valence-corrected chi connectivity index (χ3v) is 3.27. The van der Waals surface area contributed by atoms with Crippen LogP contribution in [-0.2, 0) is 4.74 Å². The van der Waals surface area contributed by atoms with E-state index in [1.807, 2.05) is 0 Å². The van der Waals surface area contributed by atoms with Gasteiger partial charge in [0.15, 0.2) is 0 Å². The van der Waals surface area contributed by atoms with Crippen LogP contribution in [0, 0.1) is 11.7 Å². The minimum Gasteiger partial charge on any atom is -0.381 e. The van der Waals surface area contributed by atoms with E-state index in [9.17, 15) is 9.18 Å². The van der Waals surface area contributed by atoms with Crippen molar-refractivity contribution in [3.05, 3.63) is 29.0 Å². The van der Waals surface area contributed by atoms with Crippen LogP contribution in [0.15, 0.2) is 18.2 Å². The molecular formula is C13H16ClFN2O2. The first-order valence-corrected chi connectivity index (χ1v) is 6.60. The van der Waals surface area contributed by atoms with Crippen molar-refractivity contribution in [2.45, 2.75) is 12.8 Å². The molecule has 1 aliphatic heterocycles. The number of hydrogen-bond acceptors (Lipinski definition) is 2. The highest BCUT2D eigenvalue weighted by atomic mass is 35.5. The first-order valence-electron chi connectivity index (χ1n) is 6.23. The number of amides is 2. The van der Waals surface area contributed by atoms with Crippen molar-refractivity contribution in [1.29, 1.82) is 0 Å². The zero-order valence-corrected chi connectivity index (χ0v) is 11.2. The van der Waals surface area contributed by atoms with Gasteiger partial charge in [-0.15, -0.1) is 0 Å². The molecule has 1 saturated heterocycles. The normalized spacial score (nSPS) is 18.9. The van der Waals surface area contributed by atoms with E-state index >= 15 is 0 Å². The maximum atomic E-state index is 13.0. The molecule has 0 aromatic heterocycles. The zero-order chi connectivity index (χ0) is 13.7. The Hall–Kier alpha value is -1.33. The van der Waals surface area contributed by atoms with Gasteiger partial charge in [0.2, 0.25) is 0 Å². The second-order valence-electron chi connectivity index (χ2n) is 4.55. The third kappa shape index (κ3) is 4.36. The largest absolute Gasteiger partial charge is 0.381 e. The van der Waals surface area contributed by atoms with Crippen molar-refractivity contribution in [3.8, 4) is 0 Å². The zero-order valence-electron chi connectivity index (χ0n) is 10.4. The Morgan fingerprint density at radius 1 is 1.53 bits per heavy atom. The van der Waals surface area contributed by atoms with E-state index in [1.165, 1.54) is 18.2 Å². The number of anilines is 1. The summed E-state index contributed by atoms with van der Waals surface area (Å²) in [6.45, 7) is 2.06. The molecule has 0 spiro atoms. The van der Waals surface area contributed by atoms with Crippen LogP contribution in [0.25, 0.3) is 0 Å². The number of rotatable bonds is 3. The first-order chi connectivity index (χ1) is 9.15. The molecule has 2 rings (SSSR count). The lowest BCUT2D eigenvalue weighted by Gasteiger charge is -2.22. The average molecular weight is 287 g/mol. The van der Waals surface area contributed by atoms with E-state index in [2.05, 4.69) is 10.6 Å². The molecule has 6 heteroatoms. The highest BCUT2D eigenvalue weighted by Gasteiger charge is 2.14. The molecular weight excluding hydrogens is 271 g/mol. The topological polar surface area (TPSA) is 50.4 Å². The Kier molecular flexibility index (Phi) is 4.99. The van der Waals surface area contributed by atoms with E-state index in [0.29, 0.717) is 24.8 Å². The summed E-state index contributed by atoms with van der Waals surface area (Å²) in [6.07, 6.45) is 2.09. The molecule has 1 heterocycles. The third-order valence-electron chi connectivity index (χ3n) is 2.98. The number of urea groups is 1. The summed E-state index contributed by atoms with van der Waals surface area (Å²) in [5, 5.41) is 5.36. The summed E-state index contributed by atoms with van der Waals surface area (Å²) in [4.78, 5) is 11.7. The molecule has 1 aromatic rings. The molecule has 2 amide bonds. The quantitative estimate of drug-likeness (QED) is 0.897. The SMILES string of the molecule is O=C(NCC1CCCOC1)Nc1ccc(F)c(Cl)c1. The van der Waals surface area contributed by atoms with Crippen molar-refractivity contribution in [1.82, 2.24) is 5.32 Å². The van der Waals surface area contributed by atoms with E-state index in [4.69, 9.17) is 16.3 Å². The van der Waals surface area contributed by atoms with Crippen molar-refractivity contribution in [2.24, 2.45) is 5.92 Å². The predicted octanol–water partition coefficient (Wildman–Crippen LogP) is 3.03. The van der Waals surface area contributed by atoms with Gasteiger partial charge in [0.05, 0.1) is 11.6 Å². The summed E-state index contributed by atoms with van der Waals surface area (Å²) >= 11 is 5.63. The van der Waals surface area contributed by atoms with Gasteiger partial charge < -0.3 is 15.4 Å². The molecule has 4 nitrogen and oxygen atoms in total. The van der Waals surface area contributed by atoms with Crippen molar-refractivity contribution < 1.29 is 13.9 Å². The summed E-state index contributed by atoms with van der Waals surface area (Å²) < 4.78 is 18.3. The van der Waals surface area contributed by atoms with Gasteiger partial charge in [0.25, 0.3) is 0 Å². The smallest absolute Gasteiger partial charge is 0.319 e.